The van der Waals surface area contributed by atoms with Crippen molar-refractivity contribution in [3.8, 4) is 0 Å². The summed E-state index contributed by atoms with van der Waals surface area (Å²) in [4.78, 5) is 0. The molecule has 14 heavy (non-hydrogen) atoms. The SMILES string of the molecule is C=C.CCCCC(CCC)CCCC. The van der Waals surface area contributed by atoms with Gasteiger partial charge >= 0.3 is 0 Å². The maximum atomic E-state index is 3.00. The van der Waals surface area contributed by atoms with E-state index in [2.05, 4.69) is 33.9 Å². The van der Waals surface area contributed by atoms with Crippen molar-refractivity contribution in [1.29, 1.82) is 0 Å². The molecule has 0 aromatic rings. The normalized spacial score (nSPS) is 9.71. The molecule has 0 radical (unpaired) electrons. The minimum atomic E-state index is 1.04. The highest BCUT2D eigenvalue weighted by Crippen LogP contribution is 2.20. The topological polar surface area (TPSA) is 0 Å². The summed E-state index contributed by atoms with van der Waals surface area (Å²) in [7, 11) is 0. The first kappa shape index (κ1) is 16.2. The Balaban J connectivity index is 0. The number of hydrogen-bond acceptors (Lipinski definition) is 0. The van der Waals surface area contributed by atoms with Gasteiger partial charge in [0.2, 0.25) is 0 Å². The first-order valence-electron chi connectivity index (χ1n) is 6.35. The first-order valence-corrected chi connectivity index (χ1v) is 6.35. The Bertz CT molecular complexity index is 78.0. The van der Waals surface area contributed by atoms with Crippen LogP contribution in [-0.2, 0) is 0 Å². The highest BCUT2D eigenvalue weighted by atomic mass is 14.1. The van der Waals surface area contributed by atoms with Crippen LogP contribution in [0.4, 0.5) is 0 Å². The quantitative estimate of drug-likeness (QED) is 0.446. The summed E-state index contributed by atoms with van der Waals surface area (Å²) < 4.78 is 0. The molecule has 0 spiro atoms. The summed E-state index contributed by atoms with van der Waals surface area (Å²) in [6.07, 6.45) is 11.4. The van der Waals surface area contributed by atoms with E-state index < -0.39 is 0 Å². The van der Waals surface area contributed by atoms with Crippen molar-refractivity contribution < 1.29 is 0 Å². The molecule has 0 aromatic heterocycles. The van der Waals surface area contributed by atoms with Gasteiger partial charge in [-0.15, -0.1) is 13.2 Å². The highest BCUT2D eigenvalue weighted by molar-refractivity contribution is 4.58. The molecule has 0 aliphatic rings. The molecule has 0 amide bonds. The summed E-state index contributed by atoms with van der Waals surface area (Å²) in [5.41, 5.74) is 0. The van der Waals surface area contributed by atoms with Gasteiger partial charge in [0, 0.05) is 0 Å². The van der Waals surface area contributed by atoms with Gasteiger partial charge in [0.15, 0.2) is 0 Å². The second-order valence-corrected chi connectivity index (χ2v) is 3.94. The summed E-state index contributed by atoms with van der Waals surface area (Å²) in [5.74, 6) is 1.04. The van der Waals surface area contributed by atoms with E-state index in [0.29, 0.717) is 0 Å². The minimum Gasteiger partial charge on any atom is -0.106 e. The lowest BCUT2D eigenvalue weighted by Gasteiger charge is -2.14. The van der Waals surface area contributed by atoms with Crippen LogP contribution in [0.1, 0.15) is 72.1 Å². The van der Waals surface area contributed by atoms with Gasteiger partial charge in [-0.3, -0.25) is 0 Å². The lowest BCUT2D eigenvalue weighted by atomic mass is 9.92. The van der Waals surface area contributed by atoms with Crippen molar-refractivity contribution in [3.05, 3.63) is 13.2 Å². The summed E-state index contributed by atoms with van der Waals surface area (Å²) in [6.45, 7) is 12.9. The van der Waals surface area contributed by atoms with Crippen LogP contribution in [0.25, 0.3) is 0 Å². The maximum Gasteiger partial charge on any atom is -0.0414 e. The molecular weight excluding hydrogens is 168 g/mol. The van der Waals surface area contributed by atoms with E-state index in [4.69, 9.17) is 0 Å². The Morgan fingerprint density at radius 2 is 1.14 bits per heavy atom. The number of rotatable bonds is 8. The van der Waals surface area contributed by atoms with Crippen molar-refractivity contribution in [2.75, 3.05) is 0 Å². The van der Waals surface area contributed by atoms with Crippen LogP contribution in [0.5, 0.6) is 0 Å². The van der Waals surface area contributed by atoms with E-state index in [0.717, 1.165) is 5.92 Å². The van der Waals surface area contributed by atoms with E-state index in [1.165, 1.54) is 51.4 Å². The number of hydrogen-bond donors (Lipinski definition) is 0. The standard InChI is InChI=1S/C12H26.C2H4/c1-4-7-10-12(9-6-3)11-8-5-2;1-2/h12H,4-11H2,1-3H3;1-2H2. The van der Waals surface area contributed by atoms with Crippen molar-refractivity contribution in [2.24, 2.45) is 5.92 Å². The average Bonchev–Trinajstić information content (AvgIpc) is 2.25. The molecule has 0 N–H and O–H groups in total. The molecule has 0 atom stereocenters. The molecule has 0 saturated heterocycles. The third-order valence-electron chi connectivity index (χ3n) is 2.63. The van der Waals surface area contributed by atoms with Crippen molar-refractivity contribution >= 4 is 0 Å². The van der Waals surface area contributed by atoms with Gasteiger partial charge in [-0.1, -0.05) is 72.1 Å². The Hall–Kier alpha value is -0.260. The summed E-state index contributed by atoms with van der Waals surface area (Å²) in [5, 5.41) is 0. The van der Waals surface area contributed by atoms with Gasteiger partial charge in [0.25, 0.3) is 0 Å². The third-order valence-corrected chi connectivity index (χ3v) is 2.63. The zero-order chi connectivity index (χ0) is 11.2. The largest absolute Gasteiger partial charge is 0.106 e. The van der Waals surface area contributed by atoms with Gasteiger partial charge in [-0.25, -0.2) is 0 Å². The van der Waals surface area contributed by atoms with E-state index in [1.54, 1.807) is 0 Å². The van der Waals surface area contributed by atoms with E-state index in [1.807, 2.05) is 0 Å². The van der Waals surface area contributed by atoms with E-state index in [9.17, 15) is 0 Å². The Labute approximate surface area is 91.8 Å². The van der Waals surface area contributed by atoms with Gasteiger partial charge in [-0.2, -0.15) is 0 Å². The molecular formula is C14H30. The molecule has 0 aliphatic heterocycles. The monoisotopic (exact) mass is 198 g/mol. The lowest BCUT2D eigenvalue weighted by Crippen LogP contribution is -1.99. The van der Waals surface area contributed by atoms with Gasteiger partial charge in [-0.05, 0) is 5.92 Å². The van der Waals surface area contributed by atoms with Gasteiger partial charge in [0.1, 0.15) is 0 Å². The fourth-order valence-electron chi connectivity index (χ4n) is 1.83. The van der Waals surface area contributed by atoms with Gasteiger partial charge in [0.05, 0.1) is 0 Å². The first-order chi connectivity index (χ1) is 6.85. The second-order valence-electron chi connectivity index (χ2n) is 3.94. The lowest BCUT2D eigenvalue weighted by molar-refractivity contribution is 0.390. The predicted molar refractivity (Wildman–Crippen MR) is 68.7 cm³/mol. The fraction of sp³-hybridized carbons (Fsp3) is 0.857. The molecule has 0 nitrogen and oxygen atoms in total. The van der Waals surface area contributed by atoms with Crippen molar-refractivity contribution in [3.63, 3.8) is 0 Å². The maximum absolute atomic E-state index is 3.00. The zero-order valence-electron chi connectivity index (χ0n) is 10.6. The fourth-order valence-corrected chi connectivity index (χ4v) is 1.83. The molecule has 0 bridgehead atoms. The second kappa shape index (κ2) is 15.2. The molecule has 0 saturated carbocycles. The molecule has 0 heterocycles. The zero-order valence-corrected chi connectivity index (χ0v) is 10.6. The number of unbranched alkanes of at least 4 members (excludes halogenated alkanes) is 2. The third kappa shape index (κ3) is 11.7. The molecule has 86 valence electrons. The summed E-state index contributed by atoms with van der Waals surface area (Å²) in [6, 6.07) is 0. The van der Waals surface area contributed by atoms with Crippen LogP contribution in [0, 0.1) is 5.92 Å². The Morgan fingerprint density at radius 1 is 0.714 bits per heavy atom. The molecule has 0 fully saturated rings. The van der Waals surface area contributed by atoms with Gasteiger partial charge < -0.3 is 0 Å². The average molecular weight is 198 g/mol. The van der Waals surface area contributed by atoms with Crippen molar-refractivity contribution in [1.82, 2.24) is 0 Å². The molecule has 0 aliphatic carbocycles. The molecule has 0 unspecified atom stereocenters. The predicted octanol–water partition coefficient (Wildman–Crippen LogP) is 5.59. The van der Waals surface area contributed by atoms with Crippen LogP contribution in [0.2, 0.25) is 0 Å². The van der Waals surface area contributed by atoms with Crippen LogP contribution in [0.3, 0.4) is 0 Å². The van der Waals surface area contributed by atoms with E-state index in [-0.39, 0.29) is 0 Å². The highest BCUT2D eigenvalue weighted by Gasteiger charge is 2.05. The Kier molecular flexibility index (Phi) is 17.6. The molecule has 0 heteroatoms. The van der Waals surface area contributed by atoms with E-state index >= 15 is 0 Å². The van der Waals surface area contributed by atoms with Crippen LogP contribution in [0.15, 0.2) is 13.2 Å². The van der Waals surface area contributed by atoms with Crippen molar-refractivity contribution in [2.45, 2.75) is 72.1 Å². The molecule has 0 aromatic carbocycles. The van der Waals surface area contributed by atoms with Crippen LogP contribution in [-0.4, -0.2) is 0 Å². The minimum absolute atomic E-state index is 1.04. The summed E-state index contributed by atoms with van der Waals surface area (Å²) >= 11 is 0. The van der Waals surface area contributed by atoms with Crippen LogP contribution >= 0.6 is 0 Å². The Morgan fingerprint density at radius 3 is 1.43 bits per heavy atom. The smallest absolute Gasteiger partial charge is 0.0414 e. The van der Waals surface area contributed by atoms with Crippen LogP contribution < -0.4 is 0 Å². The molecule has 0 rings (SSSR count).